The summed E-state index contributed by atoms with van der Waals surface area (Å²) in [7, 11) is 0. The molecule has 2 aliphatic rings. The van der Waals surface area contributed by atoms with Gasteiger partial charge >= 0.3 is 0 Å². The first-order chi connectivity index (χ1) is 9.91. The van der Waals surface area contributed by atoms with E-state index < -0.39 is 0 Å². The van der Waals surface area contributed by atoms with E-state index in [1.165, 1.54) is 0 Å². The minimum absolute atomic E-state index is 0. The van der Waals surface area contributed by atoms with Gasteiger partial charge in [-0.1, -0.05) is 13.8 Å². The number of piperazine rings is 1. The molecule has 2 saturated heterocycles. The topological polar surface area (TPSA) is 52.7 Å². The van der Waals surface area contributed by atoms with Crippen LogP contribution >= 0.6 is 12.4 Å². The van der Waals surface area contributed by atoms with Gasteiger partial charge in [-0.25, -0.2) is 0 Å². The maximum absolute atomic E-state index is 12.7. The number of nitrogens with one attached hydrogen (secondary N) is 1. The van der Waals surface area contributed by atoms with Crippen LogP contribution in [0.2, 0.25) is 0 Å². The number of hydrogen-bond acceptors (Lipinski definition) is 3. The van der Waals surface area contributed by atoms with E-state index in [0.717, 1.165) is 39.0 Å². The highest BCUT2D eigenvalue weighted by atomic mass is 35.5. The maximum Gasteiger partial charge on any atom is 0.226 e. The highest BCUT2D eigenvalue weighted by Crippen LogP contribution is 2.23. The summed E-state index contributed by atoms with van der Waals surface area (Å²) in [5.41, 5.74) is 0. The molecule has 0 bridgehead atoms. The molecule has 2 atom stereocenters. The van der Waals surface area contributed by atoms with Crippen molar-refractivity contribution in [3.63, 3.8) is 0 Å². The lowest BCUT2D eigenvalue weighted by Gasteiger charge is -2.42. The number of piperidine rings is 1. The summed E-state index contributed by atoms with van der Waals surface area (Å²) in [4.78, 5) is 28.7. The average molecular weight is 332 g/mol. The molecular formula is C16H30ClN3O2. The molecule has 2 unspecified atom stereocenters. The van der Waals surface area contributed by atoms with Gasteiger partial charge < -0.3 is 15.1 Å². The first-order valence-electron chi connectivity index (χ1n) is 8.24. The Bertz CT molecular complexity index is 395. The molecule has 2 amide bonds. The Morgan fingerprint density at radius 2 is 1.68 bits per heavy atom. The molecule has 5 nitrogen and oxygen atoms in total. The van der Waals surface area contributed by atoms with Crippen LogP contribution in [0, 0.1) is 11.8 Å². The van der Waals surface area contributed by atoms with E-state index >= 15 is 0 Å². The van der Waals surface area contributed by atoms with Crippen molar-refractivity contribution in [2.24, 2.45) is 11.8 Å². The lowest BCUT2D eigenvalue weighted by molar-refractivity contribution is -0.144. The van der Waals surface area contributed by atoms with E-state index in [0.29, 0.717) is 6.04 Å². The molecule has 6 heteroatoms. The number of rotatable bonds is 2. The number of carbonyl (C=O) groups is 2. The smallest absolute Gasteiger partial charge is 0.226 e. The largest absolute Gasteiger partial charge is 0.342 e. The highest BCUT2D eigenvalue weighted by molar-refractivity contribution is 5.85. The van der Waals surface area contributed by atoms with Gasteiger partial charge in [0.1, 0.15) is 0 Å². The monoisotopic (exact) mass is 331 g/mol. The molecule has 22 heavy (non-hydrogen) atoms. The molecule has 0 aromatic rings. The van der Waals surface area contributed by atoms with Crippen molar-refractivity contribution < 1.29 is 9.59 Å². The quantitative estimate of drug-likeness (QED) is 0.834. The van der Waals surface area contributed by atoms with Crippen LogP contribution in [0.1, 0.15) is 40.5 Å². The van der Waals surface area contributed by atoms with E-state index in [-0.39, 0.29) is 42.1 Å². The van der Waals surface area contributed by atoms with Crippen molar-refractivity contribution in [3.8, 4) is 0 Å². The second-order valence-electron chi connectivity index (χ2n) is 6.77. The number of nitrogens with zero attached hydrogens (tertiary/aromatic N) is 2. The standard InChI is InChI=1S/C16H29N3O2.ClH/c1-11(2)15(20)18-8-5-14(6-9-18)16(21)19-10-7-17-12(3)13(19)4;/h11-14,17H,5-10H2,1-4H3;1H. The summed E-state index contributed by atoms with van der Waals surface area (Å²) < 4.78 is 0. The van der Waals surface area contributed by atoms with Gasteiger partial charge in [0.2, 0.25) is 11.8 Å². The third kappa shape index (κ3) is 4.13. The summed E-state index contributed by atoms with van der Waals surface area (Å²) in [6.45, 7) is 11.2. The molecule has 2 rings (SSSR count). The number of amides is 2. The van der Waals surface area contributed by atoms with Crippen molar-refractivity contribution in [1.82, 2.24) is 15.1 Å². The Kier molecular flexibility index (Phi) is 7.13. The molecule has 0 aliphatic carbocycles. The van der Waals surface area contributed by atoms with Gasteiger partial charge in [-0.05, 0) is 26.7 Å². The molecular weight excluding hydrogens is 302 g/mol. The van der Waals surface area contributed by atoms with Gasteiger partial charge in [-0.2, -0.15) is 0 Å². The lowest BCUT2D eigenvalue weighted by atomic mass is 9.93. The van der Waals surface area contributed by atoms with E-state index in [4.69, 9.17) is 0 Å². The Morgan fingerprint density at radius 1 is 1.09 bits per heavy atom. The van der Waals surface area contributed by atoms with Crippen molar-refractivity contribution in [2.75, 3.05) is 26.2 Å². The van der Waals surface area contributed by atoms with Crippen molar-refractivity contribution >= 4 is 24.2 Å². The van der Waals surface area contributed by atoms with Gasteiger partial charge in [0.05, 0.1) is 0 Å². The minimum atomic E-state index is 0. The van der Waals surface area contributed by atoms with E-state index in [2.05, 4.69) is 19.2 Å². The fraction of sp³-hybridized carbons (Fsp3) is 0.875. The Balaban J connectivity index is 0.00000242. The third-order valence-corrected chi connectivity index (χ3v) is 4.97. The van der Waals surface area contributed by atoms with Crippen LogP contribution in [-0.4, -0.2) is 59.9 Å². The normalized spacial score (nSPS) is 26.8. The first-order valence-corrected chi connectivity index (χ1v) is 8.24. The zero-order valence-electron chi connectivity index (χ0n) is 14.2. The fourth-order valence-electron chi connectivity index (χ4n) is 3.31. The van der Waals surface area contributed by atoms with Gasteiger partial charge in [0.25, 0.3) is 0 Å². The maximum atomic E-state index is 12.7. The second kappa shape index (κ2) is 8.16. The van der Waals surface area contributed by atoms with Crippen LogP contribution in [0.3, 0.4) is 0 Å². The Labute approximate surface area is 140 Å². The van der Waals surface area contributed by atoms with Gasteiger partial charge in [-0.15, -0.1) is 12.4 Å². The predicted molar refractivity (Wildman–Crippen MR) is 90.0 cm³/mol. The molecule has 0 radical (unpaired) electrons. The van der Waals surface area contributed by atoms with Crippen LogP contribution in [0.15, 0.2) is 0 Å². The lowest BCUT2D eigenvalue weighted by Crippen LogP contribution is -2.59. The fourth-order valence-corrected chi connectivity index (χ4v) is 3.31. The SMILES string of the molecule is CC(C)C(=O)N1CCC(C(=O)N2CCNC(C)C2C)CC1.Cl. The van der Waals surface area contributed by atoms with Gasteiger partial charge in [0.15, 0.2) is 0 Å². The third-order valence-electron chi connectivity index (χ3n) is 4.97. The first kappa shape index (κ1) is 19.2. The average Bonchev–Trinajstić information content (AvgIpc) is 2.48. The zero-order chi connectivity index (χ0) is 15.6. The molecule has 1 N–H and O–H groups in total. The number of carbonyl (C=O) groups excluding carboxylic acids is 2. The minimum Gasteiger partial charge on any atom is -0.342 e. The molecule has 128 valence electrons. The molecule has 0 spiro atoms. The summed E-state index contributed by atoms with van der Waals surface area (Å²) in [6.07, 6.45) is 1.62. The number of halogens is 1. The van der Waals surface area contributed by atoms with Crippen molar-refractivity contribution in [1.29, 1.82) is 0 Å². The summed E-state index contributed by atoms with van der Waals surface area (Å²) >= 11 is 0. The van der Waals surface area contributed by atoms with Crippen LogP contribution < -0.4 is 5.32 Å². The van der Waals surface area contributed by atoms with Crippen LogP contribution in [0.4, 0.5) is 0 Å². The van der Waals surface area contributed by atoms with Crippen LogP contribution in [-0.2, 0) is 9.59 Å². The zero-order valence-corrected chi connectivity index (χ0v) is 15.0. The number of hydrogen-bond donors (Lipinski definition) is 1. The van der Waals surface area contributed by atoms with Gasteiger partial charge in [-0.3, -0.25) is 9.59 Å². The van der Waals surface area contributed by atoms with Crippen molar-refractivity contribution in [3.05, 3.63) is 0 Å². The molecule has 0 aromatic carbocycles. The van der Waals surface area contributed by atoms with E-state index in [1.807, 2.05) is 23.6 Å². The van der Waals surface area contributed by atoms with Crippen LogP contribution in [0.25, 0.3) is 0 Å². The van der Waals surface area contributed by atoms with E-state index in [1.54, 1.807) is 0 Å². The molecule has 2 aliphatic heterocycles. The van der Waals surface area contributed by atoms with Crippen molar-refractivity contribution in [2.45, 2.75) is 52.6 Å². The molecule has 2 heterocycles. The second-order valence-corrected chi connectivity index (χ2v) is 6.77. The highest BCUT2D eigenvalue weighted by Gasteiger charge is 2.35. The van der Waals surface area contributed by atoms with Gasteiger partial charge in [0, 0.05) is 50.1 Å². The summed E-state index contributed by atoms with van der Waals surface area (Å²) in [5.74, 6) is 0.637. The Morgan fingerprint density at radius 3 is 2.23 bits per heavy atom. The van der Waals surface area contributed by atoms with Crippen LogP contribution in [0.5, 0.6) is 0 Å². The predicted octanol–water partition coefficient (Wildman–Crippen LogP) is 1.51. The number of likely N-dealkylation sites (tertiary alicyclic amines) is 1. The molecule has 0 saturated carbocycles. The summed E-state index contributed by atoms with van der Waals surface area (Å²) in [6, 6.07) is 0.604. The molecule has 0 aromatic heterocycles. The molecule has 2 fully saturated rings. The Hall–Kier alpha value is -0.810. The summed E-state index contributed by atoms with van der Waals surface area (Å²) in [5, 5.41) is 3.41. The van der Waals surface area contributed by atoms with E-state index in [9.17, 15) is 9.59 Å².